The summed E-state index contributed by atoms with van der Waals surface area (Å²) >= 11 is 5.93. The van der Waals surface area contributed by atoms with Gasteiger partial charge in [-0.3, -0.25) is 0 Å². The lowest BCUT2D eigenvalue weighted by Crippen LogP contribution is -2.01. The molecule has 0 fully saturated rings. The van der Waals surface area contributed by atoms with Crippen molar-refractivity contribution in [3.63, 3.8) is 0 Å². The van der Waals surface area contributed by atoms with Crippen LogP contribution in [-0.4, -0.2) is 9.97 Å². The summed E-state index contributed by atoms with van der Waals surface area (Å²) in [5.74, 6) is 1.83. The molecule has 0 aliphatic rings. The number of benzene rings is 1. The van der Waals surface area contributed by atoms with Crippen molar-refractivity contribution < 1.29 is 0 Å². The maximum Gasteiger partial charge on any atom is 0.135 e. The van der Waals surface area contributed by atoms with Gasteiger partial charge in [0, 0.05) is 11.8 Å². The summed E-state index contributed by atoms with van der Waals surface area (Å²) < 4.78 is 0. The van der Waals surface area contributed by atoms with Gasteiger partial charge in [0.25, 0.3) is 0 Å². The number of aryl methyl sites for hydroxylation is 1. The lowest BCUT2D eigenvalue weighted by atomic mass is 10.0. The Hall–Kier alpha value is -1.61. The average molecular weight is 262 g/mol. The van der Waals surface area contributed by atoms with Crippen LogP contribution < -0.4 is 5.32 Å². The first-order chi connectivity index (χ1) is 8.56. The van der Waals surface area contributed by atoms with Crippen LogP contribution in [0.2, 0.25) is 5.15 Å². The highest BCUT2D eigenvalue weighted by molar-refractivity contribution is 6.29. The van der Waals surface area contributed by atoms with Crippen molar-refractivity contribution in [3.05, 3.63) is 46.9 Å². The molecule has 18 heavy (non-hydrogen) atoms. The second-order valence-electron chi connectivity index (χ2n) is 4.49. The van der Waals surface area contributed by atoms with E-state index in [1.807, 2.05) is 25.1 Å². The molecule has 0 atom stereocenters. The van der Waals surface area contributed by atoms with Crippen molar-refractivity contribution in [1.29, 1.82) is 0 Å². The van der Waals surface area contributed by atoms with Crippen LogP contribution in [0.3, 0.4) is 0 Å². The van der Waals surface area contributed by atoms with Crippen LogP contribution in [0.4, 0.5) is 11.5 Å². The molecule has 1 aromatic heterocycles. The molecule has 0 saturated carbocycles. The van der Waals surface area contributed by atoms with Crippen molar-refractivity contribution in [2.24, 2.45) is 0 Å². The van der Waals surface area contributed by atoms with Gasteiger partial charge in [-0.2, -0.15) is 0 Å². The SMILES string of the molecule is Cc1nc(Cl)cc(Nc2ccccc2C(C)C)n1. The standard InChI is InChI=1S/C14H16ClN3/c1-9(2)11-6-4-5-7-12(11)18-14-8-13(15)16-10(3)17-14/h4-9H,1-3H3,(H,16,17,18). The van der Waals surface area contributed by atoms with Crippen molar-refractivity contribution in [1.82, 2.24) is 9.97 Å². The summed E-state index contributed by atoms with van der Waals surface area (Å²) in [5, 5.41) is 3.75. The van der Waals surface area contributed by atoms with E-state index in [0.717, 1.165) is 11.5 Å². The first-order valence-corrected chi connectivity index (χ1v) is 6.31. The van der Waals surface area contributed by atoms with Gasteiger partial charge in [0.1, 0.15) is 16.8 Å². The Labute approximate surface area is 112 Å². The zero-order valence-corrected chi connectivity index (χ0v) is 11.5. The quantitative estimate of drug-likeness (QED) is 0.837. The molecule has 0 aliphatic heterocycles. The van der Waals surface area contributed by atoms with Crippen LogP contribution in [-0.2, 0) is 0 Å². The minimum absolute atomic E-state index is 0.451. The zero-order chi connectivity index (χ0) is 13.1. The molecule has 0 radical (unpaired) electrons. The first-order valence-electron chi connectivity index (χ1n) is 5.93. The van der Waals surface area contributed by atoms with Crippen LogP contribution in [0.25, 0.3) is 0 Å². The van der Waals surface area contributed by atoms with Crippen LogP contribution in [0.5, 0.6) is 0 Å². The summed E-state index contributed by atoms with van der Waals surface area (Å²) in [6.45, 7) is 6.16. The van der Waals surface area contributed by atoms with Crippen molar-refractivity contribution in [2.75, 3.05) is 5.32 Å². The first kappa shape index (κ1) is 12.8. The molecule has 0 amide bonds. The number of hydrogen-bond donors (Lipinski definition) is 1. The van der Waals surface area contributed by atoms with Crippen molar-refractivity contribution in [2.45, 2.75) is 26.7 Å². The second-order valence-corrected chi connectivity index (χ2v) is 4.88. The number of rotatable bonds is 3. The van der Waals surface area contributed by atoms with E-state index in [0.29, 0.717) is 16.9 Å². The summed E-state index contributed by atoms with van der Waals surface area (Å²) in [6.07, 6.45) is 0. The Balaban J connectivity index is 2.34. The van der Waals surface area contributed by atoms with E-state index in [1.165, 1.54) is 5.56 Å². The maximum absolute atomic E-state index is 5.93. The van der Waals surface area contributed by atoms with E-state index >= 15 is 0 Å². The summed E-state index contributed by atoms with van der Waals surface area (Å²) in [4.78, 5) is 8.37. The van der Waals surface area contributed by atoms with Gasteiger partial charge in [0.2, 0.25) is 0 Å². The number of anilines is 2. The molecule has 1 N–H and O–H groups in total. The molecule has 1 heterocycles. The second kappa shape index (κ2) is 5.36. The number of nitrogens with zero attached hydrogens (tertiary/aromatic N) is 2. The lowest BCUT2D eigenvalue weighted by Gasteiger charge is -2.14. The van der Waals surface area contributed by atoms with Crippen molar-refractivity contribution >= 4 is 23.1 Å². The van der Waals surface area contributed by atoms with Gasteiger partial charge in [0.05, 0.1) is 0 Å². The number of halogens is 1. The van der Waals surface area contributed by atoms with Gasteiger partial charge in [-0.1, -0.05) is 43.6 Å². The van der Waals surface area contributed by atoms with E-state index in [-0.39, 0.29) is 0 Å². The Morgan fingerprint density at radius 2 is 1.89 bits per heavy atom. The minimum Gasteiger partial charge on any atom is -0.340 e. The Morgan fingerprint density at radius 1 is 1.17 bits per heavy atom. The minimum atomic E-state index is 0.451. The van der Waals surface area contributed by atoms with E-state index < -0.39 is 0 Å². The fourth-order valence-electron chi connectivity index (χ4n) is 1.85. The lowest BCUT2D eigenvalue weighted by molar-refractivity contribution is 0.868. The molecule has 1 aromatic carbocycles. The Morgan fingerprint density at radius 3 is 2.56 bits per heavy atom. The van der Waals surface area contributed by atoms with E-state index in [4.69, 9.17) is 11.6 Å². The highest BCUT2D eigenvalue weighted by Crippen LogP contribution is 2.26. The smallest absolute Gasteiger partial charge is 0.135 e. The zero-order valence-electron chi connectivity index (χ0n) is 10.7. The van der Waals surface area contributed by atoms with Crippen LogP contribution in [0, 0.1) is 6.92 Å². The van der Waals surface area contributed by atoms with Crippen molar-refractivity contribution in [3.8, 4) is 0 Å². The number of aromatic nitrogens is 2. The molecule has 3 nitrogen and oxygen atoms in total. The van der Waals surface area contributed by atoms with Gasteiger partial charge in [-0.05, 0) is 24.5 Å². The molecule has 2 aromatic rings. The van der Waals surface area contributed by atoms with Gasteiger partial charge >= 0.3 is 0 Å². The molecule has 0 bridgehead atoms. The van der Waals surface area contributed by atoms with Gasteiger partial charge in [0.15, 0.2) is 0 Å². The largest absolute Gasteiger partial charge is 0.340 e. The molecule has 0 unspecified atom stereocenters. The molecular weight excluding hydrogens is 246 g/mol. The molecule has 2 rings (SSSR count). The van der Waals surface area contributed by atoms with E-state index in [2.05, 4.69) is 35.2 Å². The Bertz CT molecular complexity index is 532. The molecule has 94 valence electrons. The predicted octanol–water partition coefficient (Wildman–Crippen LogP) is 4.31. The fraction of sp³-hybridized carbons (Fsp3) is 0.286. The highest BCUT2D eigenvalue weighted by Gasteiger charge is 2.07. The highest BCUT2D eigenvalue weighted by atomic mass is 35.5. The van der Waals surface area contributed by atoms with E-state index in [9.17, 15) is 0 Å². The molecule has 0 saturated heterocycles. The molecular formula is C14H16ClN3. The average Bonchev–Trinajstić information content (AvgIpc) is 2.27. The molecule has 0 aliphatic carbocycles. The maximum atomic E-state index is 5.93. The molecule has 4 heteroatoms. The third-order valence-electron chi connectivity index (χ3n) is 2.65. The Kier molecular flexibility index (Phi) is 3.82. The summed E-state index contributed by atoms with van der Waals surface area (Å²) in [5.41, 5.74) is 2.31. The normalized spacial score (nSPS) is 10.7. The van der Waals surface area contributed by atoms with E-state index in [1.54, 1.807) is 6.07 Å². The number of hydrogen-bond acceptors (Lipinski definition) is 3. The fourth-order valence-corrected chi connectivity index (χ4v) is 2.07. The van der Waals surface area contributed by atoms with Crippen LogP contribution in [0.1, 0.15) is 31.2 Å². The van der Waals surface area contributed by atoms with Gasteiger partial charge in [-0.25, -0.2) is 9.97 Å². The van der Waals surface area contributed by atoms with Gasteiger partial charge < -0.3 is 5.32 Å². The monoisotopic (exact) mass is 261 g/mol. The third kappa shape index (κ3) is 2.99. The van der Waals surface area contributed by atoms with Gasteiger partial charge in [-0.15, -0.1) is 0 Å². The number of nitrogens with one attached hydrogen (secondary N) is 1. The third-order valence-corrected chi connectivity index (χ3v) is 2.85. The predicted molar refractivity (Wildman–Crippen MR) is 75.6 cm³/mol. The summed E-state index contributed by atoms with van der Waals surface area (Å²) in [7, 11) is 0. The summed E-state index contributed by atoms with van der Waals surface area (Å²) in [6, 6.07) is 9.93. The van der Waals surface area contributed by atoms with Crippen LogP contribution >= 0.6 is 11.6 Å². The topological polar surface area (TPSA) is 37.8 Å². The molecule has 0 spiro atoms. The van der Waals surface area contributed by atoms with Crippen LogP contribution in [0.15, 0.2) is 30.3 Å². The number of para-hydroxylation sites is 1.